The van der Waals surface area contributed by atoms with Gasteiger partial charge in [0, 0.05) is 10.2 Å². The molecule has 0 spiro atoms. The lowest BCUT2D eigenvalue weighted by Crippen LogP contribution is -1.99. The monoisotopic (exact) mass is 357 g/mol. The summed E-state index contributed by atoms with van der Waals surface area (Å²) in [5.41, 5.74) is 3.56. The van der Waals surface area contributed by atoms with Gasteiger partial charge >= 0.3 is 0 Å². The number of aryl methyl sites for hydroxylation is 2. The Morgan fingerprint density at radius 3 is 2.35 bits per heavy atom. The molecule has 2 nitrogen and oxygen atoms in total. The Morgan fingerprint density at radius 1 is 1.18 bits per heavy atom. The normalized spacial score (nSPS) is 10.6. The molecule has 0 radical (unpaired) electrons. The average molecular weight is 359 g/mol. The molecular formula is C13H13Br2NO. The summed E-state index contributed by atoms with van der Waals surface area (Å²) in [6, 6.07) is 6.14. The Hall–Kier alpha value is -0.740. The number of hydrogen-bond donors (Lipinski definition) is 1. The fraction of sp³-hybridized carbons (Fsp3) is 0.231. The number of rotatable bonds is 3. The highest BCUT2D eigenvalue weighted by molar-refractivity contribution is 9.10. The van der Waals surface area contributed by atoms with Gasteiger partial charge in [0.2, 0.25) is 0 Å². The van der Waals surface area contributed by atoms with E-state index in [2.05, 4.69) is 63.2 Å². The molecule has 0 aliphatic rings. The van der Waals surface area contributed by atoms with Gasteiger partial charge in [-0.1, -0.05) is 15.9 Å². The minimum Gasteiger partial charge on any atom is -0.466 e. The first-order valence-corrected chi connectivity index (χ1v) is 6.89. The van der Waals surface area contributed by atoms with Gasteiger partial charge in [0.05, 0.1) is 17.3 Å². The van der Waals surface area contributed by atoms with Crippen LogP contribution in [0.3, 0.4) is 0 Å². The number of hydrogen-bond acceptors (Lipinski definition) is 2. The highest BCUT2D eigenvalue weighted by Crippen LogP contribution is 2.26. The summed E-state index contributed by atoms with van der Waals surface area (Å²) in [6.45, 7) is 4.85. The van der Waals surface area contributed by atoms with E-state index in [4.69, 9.17) is 4.42 Å². The van der Waals surface area contributed by atoms with Crippen molar-refractivity contribution in [2.24, 2.45) is 0 Å². The average Bonchev–Trinajstić information content (AvgIpc) is 2.69. The summed E-state index contributed by atoms with van der Waals surface area (Å²) in [5, 5.41) is 3.35. The molecule has 0 amide bonds. The van der Waals surface area contributed by atoms with E-state index in [1.54, 1.807) is 6.26 Å². The van der Waals surface area contributed by atoms with E-state index in [9.17, 15) is 0 Å². The Labute approximate surface area is 118 Å². The van der Waals surface area contributed by atoms with Crippen molar-refractivity contribution in [3.8, 4) is 0 Å². The molecular weight excluding hydrogens is 346 g/mol. The second kappa shape index (κ2) is 5.27. The fourth-order valence-electron chi connectivity index (χ4n) is 1.68. The van der Waals surface area contributed by atoms with Gasteiger partial charge in [-0.25, -0.2) is 0 Å². The fourth-order valence-corrected chi connectivity index (χ4v) is 2.25. The van der Waals surface area contributed by atoms with Crippen LogP contribution in [0.2, 0.25) is 0 Å². The first-order valence-electron chi connectivity index (χ1n) is 5.30. The van der Waals surface area contributed by atoms with Crippen molar-refractivity contribution in [2.75, 3.05) is 5.32 Å². The molecule has 17 heavy (non-hydrogen) atoms. The zero-order chi connectivity index (χ0) is 12.4. The molecule has 0 bridgehead atoms. The van der Waals surface area contributed by atoms with Crippen molar-refractivity contribution in [1.29, 1.82) is 0 Å². The van der Waals surface area contributed by atoms with Crippen LogP contribution in [-0.2, 0) is 6.54 Å². The summed E-state index contributed by atoms with van der Waals surface area (Å²) in [5.74, 6) is 0.906. The van der Waals surface area contributed by atoms with E-state index in [0.717, 1.165) is 15.9 Å². The van der Waals surface area contributed by atoms with Gasteiger partial charge in [-0.3, -0.25) is 0 Å². The molecule has 0 saturated heterocycles. The zero-order valence-corrected chi connectivity index (χ0v) is 12.9. The maximum atomic E-state index is 5.35. The Balaban J connectivity index is 2.12. The van der Waals surface area contributed by atoms with Crippen LogP contribution in [0, 0.1) is 13.8 Å². The van der Waals surface area contributed by atoms with Gasteiger partial charge in [0.1, 0.15) is 5.76 Å². The van der Waals surface area contributed by atoms with Crippen molar-refractivity contribution >= 4 is 37.5 Å². The Bertz CT molecular complexity index is 511. The first-order chi connectivity index (χ1) is 8.08. The standard InChI is InChI=1S/C13H13Br2NO/c1-8-5-10(6-9(2)13(8)15)16-7-12-11(14)3-4-17-12/h3-6,16H,7H2,1-2H3. The van der Waals surface area contributed by atoms with Gasteiger partial charge in [0.25, 0.3) is 0 Å². The highest BCUT2D eigenvalue weighted by Gasteiger charge is 2.05. The second-order valence-corrected chi connectivity index (χ2v) is 5.62. The number of furan rings is 1. The van der Waals surface area contributed by atoms with Crippen LogP contribution in [0.5, 0.6) is 0 Å². The lowest BCUT2D eigenvalue weighted by atomic mass is 10.1. The molecule has 4 heteroatoms. The summed E-state index contributed by atoms with van der Waals surface area (Å²) in [6.07, 6.45) is 1.68. The SMILES string of the molecule is Cc1cc(NCc2occc2Br)cc(C)c1Br. The molecule has 0 unspecified atom stereocenters. The van der Waals surface area contributed by atoms with Gasteiger partial charge in [-0.2, -0.15) is 0 Å². The van der Waals surface area contributed by atoms with Crippen LogP contribution >= 0.6 is 31.9 Å². The summed E-state index contributed by atoms with van der Waals surface area (Å²) in [7, 11) is 0. The molecule has 1 aromatic carbocycles. The van der Waals surface area contributed by atoms with Crippen LogP contribution < -0.4 is 5.32 Å². The molecule has 0 aliphatic heterocycles. The van der Waals surface area contributed by atoms with Crippen LogP contribution in [0.25, 0.3) is 0 Å². The molecule has 0 aliphatic carbocycles. The van der Waals surface area contributed by atoms with Crippen molar-refractivity contribution in [2.45, 2.75) is 20.4 Å². The Kier molecular flexibility index (Phi) is 3.94. The predicted molar refractivity (Wildman–Crippen MR) is 77.4 cm³/mol. The van der Waals surface area contributed by atoms with E-state index >= 15 is 0 Å². The van der Waals surface area contributed by atoms with Crippen molar-refractivity contribution in [3.63, 3.8) is 0 Å². The number of nitrogens with one attached hydrogen (secondary N) is 1. The second-order valence-electron chi connectivity index (χ2n) is 3.97. The van der Waals surface area contributed by atoms with Crippen LogP contribution in [0.1, 0.15) is 16.9 Å². The number of benzene rings is 1. The van der Waals surface area contributed by atoms with Crippen LogP contribution in [0.4, 0.5) is 5.69 Å². The maximum Gasteiger partial charge on any atom is 0.136 e. The lowest BCUT2D eigenvalue weighted by molar-refractivity contribution is 0.516. The van der Waals surface area contributed by atoms with E-state index in [-0.39, 0.29) is 0 Å². The minimum absolute atomic E-state index is 0.675. The van der Waals surface area contributed by atoms with E-state index in [1.165, 1.54) is 15.6 Å². The van der Waals surface area contributed by atoms with E-state index in [0.29, 0.717) is 6.54 Å². The topological polar surface area (TPSA) is 25.2 Å². The third-order valence-corrected chi connectivity index (χ3v) is 4.54. The lowest BCUT2D eigenvalue weighted by Gasteiger charge is -2.09. The molecule has 2 aromatic rings. The maximum absolute atomic E-state index is 5.35. The molecule has 0 fully saturated rings. The molecule has 2 rings (SSSR count). The zero-order valence-electron chi connectivity index (χ0n) is 9.68. The van der Waals surface area contributed by atoms with Gasteiger partial charge in [-0.05, 0) is 59.1 Å². The third-order valence-electron chi connectivity index (χ3n) is 2.58. The smallest absolute Gasteiger partial charge is 0.136 e. The summed E-state index contributed by atoms with van der Waals surface area (Å²) in [4.78, 5) is 0. The number of anilines is 1. The summed E-state index contributed by atoms with van der Waals surface area (Å²) < 4.78 is 7.52. The van der Waals surface area contributed by atoms with Gasteiger partial charge in [-0.15, -0.1) is 0 Å². The first kappa shape index (κ1) is 12.7. The molecule has 1 N–H and O–H groups in total. The minimum atomic E-state index is 0.675. The molecule has 1 heterocycles. The molecule has 0 atom stereocenters. The van der Waals surface area contributed by atoms with Crippen molar-refractivity contribution < 1.29 is 4.42 Å². The van der Waals surface area contributed by atoms with E-state index in [1.807, 2.05) is 6.07 Å². The molecule has 90 valence electrons. The summed E-state index contributed by atoms with van der Waals surface area (Å²) >= 11 is 7.00. The predicted octanol–water partition coefficient (Wildman–Crippen LogP) is 5.03. The Morgan fingerprint density at radius 2 is 1.82 bits per heavy atom. The molecule has 0 saturated carbocycles. The quantitative estimate of drug-likeness (QED) is 0.831. The van der Waals surface area contributed by atoms with Crippen LogP contribution in [0.15, 0.2) is 37.8 Å². The highest BCUT2D eigenvalue weighted by atomic mass is 79.9. The van der Waals surface area contributed by atoms with Gasteiger partial charge in [0.15, 0.2) is 0 Å². The number of halogens is 2. The molecule has 1 aromatic heterocycles. The largest absolute Gasteiger partial charge is 0.466 e. The van der Waals surface area contributed by atoms with E-state index < -0.39 is 0 Å². The van der Waals surface area contributed by atoms with Crippen LogP contribution in [-0.4, -0.2) is 0 Å². The third kappa shape index (κ3) is 2.93. The van der Waals surface area contributed by atoms with Gasteiger partial charge < -0.3 is 9.73 Å². The van der Waals surface area contributed by atoms with Crippen molar-refractivity contribution in [1.82, 2.24) is 0 Å². The van der Waals surface area contributed by atoms with Crippen molar-refractivity contribution in [3.05, 3.63) is 50.3 Å².